The lowest BCUT2D eigenvalue weighted by molar-refractivity contribution is -0.124. The highest BCUT2D eigenvalue weighted by molar-refractivity contribution is 6.23. The van der Waals surface area contributed by atoms with E-state index in [-0.39, 0.29) is 5.91 Å². The van der Waals surface area contributed by atoms with E-state index < -0.39 is 0 Å². The number of ether oxygens (including phenoxy) is 1. The van der Waals surface area contributed by atoms with Gasteiger partial charge in [0.15, 0.2) is 17.5 Å². The average Bonchev–Trinajstić information content (AvgIpc) is 2.96. The third kappa shape index (κ3) is 2.14. The minimum absolute atomic E-state index is 0.144. The van der Waals surface area contributed by atoms with Crippen molar-refractivity contribution in [3.05, 3.63) is 47.9 Å². The summed E-state index contributed by atoms with van der Waals surface area (Å²) in [7, 11) is 5.29. The Labute approximate surface area is 123 Å². The van der Waals surface area contributed by atoms with E-state index in [0.717, 1.165) is 11.4 Å². The predicted molar refractivity (Wildman–Crippen MR) is 80.9 cm³/mol. The van der Waals surface area contributed by atoms with Crippen LogP contribution in [0.15, 0.2) is 53.0 Å². The molecule has 6 nitrogen and oxygen atoms in total. The van der Waals surface area contributed by atoms with Gasteiger partial charge in [-0.2, -0.15) is 5.10 Å². The molecule has 0 radical (unpaired) electrons. The molecule has 2 aliphatic rings. The van der Waals surface area contributed by atoms with Gasteiger partial charge in [0.05, 0.1) is 11.3 Å². The van der Waals surface area contributed by atoms with Gasteiger partial charge in [0.25, 0.3) is 5.91 Å². The van der Waals surface area contributed by atoms with Crippen LogP contribution < -0.4 is 15.0 Å². The molecule has 2 heterocycles. The van der Waals surface area contributed by atoms with Crippen molar-refractivity contribution < 1.29 is 9.53 Å². The summed E-state index contributed by atoms with van der Waals surface area (Å²) >= 11 is 0. The van der Waals surface area contributed by atoms with Crippen LogP contribution in [-0.2, 0) is 4.79 Å². The number of hydrogen-bond donors (Lipinski definition) is 1. The van der Waals surface area contributed by atoms with Crippen LogP contribution in [0.2, 0.25) is 0 Å². The molecule has 0 bridgehead atoms. The van der Waals surface area contributed by atoms with E-state index in [0.29, 0.717) is 17.3 Å². The Morgan fingerprint density at radius 2 is 2.00 bits per heavy atom. The van der Waals surface area contributed by atoms with Crippen molar-refractivity contribution >= 4 is 17.4 Å². The van der Waals surface area contributed by atoms with Crippen molar-refractivity contribution in [3.63, 3.8) is 0 Å². The minimum atomic E-state index is -0.144. The molecule has 1 aromatic rings. The van der Waals surface area contributed by atoms with E-state index in [1.165, 1.54) is 5.01 Å². The molecular weight excluding hydrogens is 268 g/mol. The van der Waals surface area contributed by atoms with Crippen molar-refractivity contribution in [1.82, 2.24) is 10.3 Å². The van der Waals surface area contributed by atoms with Crippen LogP contribution >= 0.6 is 0 Å². The summed E-state index contributed by atoms with van der Waals surface area (Å²) in [6.45, 7) is 0. The number of para-hydroxylation sites is 2. The zero-order valence-electron chi connectivity index (χ0n) is 12.1. The Bertz CT molecular complexity index is 691. The van der Waals surface area contributed by atoms with Gasteiger partial charge < -0.3 is 15.0 Å². The maximum absolute atomic E-state index is 12.0. The molecule has 0 aromatic heterocycles. The van der Waals surface area contributed by atoms with Gasteiger partial charge in [-0.3, -0.25) is 4.79 Å². The Balaban J connectivity index is 1.90. The lowest BCUT2D eigenvalue weighted by atomic mass is 10.2. The first-order valence-electron chi connectivity index (χ1n) is 6.59. The summed E-state index contributed by atoms with van der Waals surface area (Å²) in [6.07, 6.45) is 3.50. The van der Waals surface area contributed by atoms with Gasteiger partial charge >= 0.3 is 0 Å². The molecule has 21 heavy (non-hydrogen) atoms. The average molecular weight is 284 g/mol. The number of amides is 1. The molecule has 0 unspecified atom stereocenters. The van der Waals surface area contributed by atoms with Gasteiger partial charge in [-0.25, -0.2) is 5.01 Å². The lowest BCUT2D eigenvalue weighted by Crippen LogP contribution is -2.21. The quantitative estimate of drug-likeness (QED) is 0.790. The van der Waals surface area contributed by atoms with Crippen LogP contribution in [0.25, 0.3) is 0 Å². The van der Waals surface area contributed by atoms with Crippen molar-refractivity contribution in [1.29, 1.82) is 0 Å². The highest BCUT2D eigenvalue weighted by atomic mass is 16.5. The fraction of sp³-hybridized carbons (Fsp3) is 0.200. The third-order valence-corrected chi connectivity index (χ3v) is 3.43. The molecule has 2 aliphatic heterocycles. The summed E-state index contributed by atoms with van der Waals surface area (Å²) in [5, 5.41) is 8.33. The van der Waals surface area contributed by atoms with Crippen LogP contribution in [0.1, 0.15) is 0 Å². The van der Waals surface area contributed by atoms with Gasteiger partial charge in [-0.05, 0) is 24.3 Å². The number of benzene rings is 1. The number of rotatable bonds is 1. The Morgan fingerprint density at radius 1 is 1.24 bits per heavy atom. The summed E-state index contributed by atoms with van der Waals surface area (Å²) < 4.78 is 5.77. The number of hydrazone groups is 1. The molecule has 0 fully saturated rings. The standard InChI is InChI=1S/C15H16N4O2/c1-16-14-10(15(20)19(3)17-14)8-9-13-18(2)11-6-4-5-7-12(11)21-13/h4-9H,1-3H3,(H,16,17)/b10-8+,13-9+. The Hall–Kier alpha value is -2.76. The number of nitrogens with zero attached hydrogens (tertiary/aromatic N) is 3. The van der Waals surface area contributed by atoms with Crippen molar-refractivity contribution in [2.75, 3.05) is 26.0 Å². The number of fused-ring (bicyclic) bond motifs is 1. The monoisotopic (exact) mass is 284 g/mol. The molecule has 1 N–H and O–H groups in total. The first-order chi connectivity index (χ1) is 10.1. The van der Waals surface area contributed by atoms with Crippen LogP contribution in [0.3, 0.4) is 0 Å². The van der Waals surface area contributed by atoms with Gasteiger partial charge in [0.1, 0.15) is 0 Å². The number of anilines is 1. The number of likely N-dealkylation sites (N-methyl/N-ethyl adjacent to an activating group) is 2. The number of allylic oxidation sites excluding steroid dienone is 2. The Morgan fingerprint density at radius 3 is 2.71 bits per heavy atom. The van der Waals surface area contributed by atoms with Crippen LogP contribution in [0.4, 0.5) is 5.69 Å². The van der Waals surface area contributed by atoms with Gasteiger partial charge in [-0.15, -0.1) is 0 Å². The summed E-state index contributed by atoms with van der Waals surface area (Å²) in [6, 6.07) is 7.78. The van der Waals surface area contributed by atoms with E-state index in [4.69, 9.17) is 4.74 Å². The number of amidine groups is 1. The fourth-order valence-corrected chi connectivity index (χ4v) is 2.28. The van der Waals surface area contributed by atoms with E-state index in [1.807, 2.05) is 36.2 Å². The first kappa shape index (κ1) is 13.2. The van der Waals surface area contributed by atoms with Gasteiger partial charge in [0, 0.05) is 21.1 Å². The smallest absolute Gasteiger partial charge is 0.277 e. The van der Waals surface area contributed by atoms with Crippen molar-refractivity contribution in [2.45, 2.75) is 0 Å². The second kappa shape index (κ2) is 4.97. The third-order valence-electron chi connectivity index (χ3n) is 3.43. The maximum atomic E-state index is 12.0. The summed E-state index contributed by atoms with van der Waals surface area (Å²) in [5.74, 6) is 1.88. The van der Waals surface area contributed by atoms with E-state index in [1.54, 1.807) is 26.2 Å². The lowest BCUT2D eigenvalue weighted by Gasteiger charge is -2.10. The number of carbonyl (C=O) groups is 1. The minimum Gasteiger partial charge on any atom is -0.439 e. The number of hydrogen-bond acceptors (Lipinski definition) is 5. The zero-order chi connectivity index (χ0) is 15.0. The second-order valence-electron chi connectivity index (χ2n) is 4.74. The zero-order valence-corrected chi connectivity index (χ0v) is 12.1. The van der Waals surface area contributed by atoms with Crippen LogP contribution in [0, 0.1) is 0 Å². The summed E-state index contributed by atoms with van der Waals surface area (Å²) in [5.41, 5.74) is 1.51. The second-order valence-corrected chi connectivity index (χ2v) is 4.74. The molecular formula is C15H16N4O2. The molecule has 0 spiro atoms. The molecule has 0 saturated heterocycles. The largest absolute Gasteiger partial charge is 0.439 e. The fourth-order valence-electron chi connectivity index (χ4n) is 2.28. The molecule has 1 aromatic carbocycles. The number of nitrogens with one attached hydrogen (secondary N) is 1. The summed E-state index contributed by atoms with van der Waals surface area (Å²) in [4.78, 5) is 13.9. The van der Waals surface area contributed by atoms with Crippen LogP contribution in [-0.4, -0.2) is 37.9 Å². The van der Waals surface area contributed by atoms with E-state index >= 15 is 0 Å². The highest BCUT2D eigenvalue weighted by Gasteiger charge is 2.27. The van der Waals surface area contributed by atoms with Gasteiger partial charge in [-0.1, -0.05) is 12.1 Å². The van der Waals surface area contributed by atoms with Crippen molar-refractivity contribution in [2.24, 2.45) is 5.10 Å². The van der Waals surface area contributed by atoms with E-state index in [9.17, 15) is 4.79 Å². The van der Waals surface area contributed by atoms with E-state index in [2.05, 4.69) is 10.4 Å². The van der Waals surface area contributed by atoms with Crippen LogP contribution in [0.5, 0.6) is 5.75 Å². The molecule has 1 amide bonds. The maximum Gasteiger partial charge on any atom is 0.277 e. The molecule has 3 rings (SSSR count). The number of carbonyl (C=O) groups excluding carboxylic acids is 1. The molecule has 0 saturated carbocycles. The molecule has 108 valence electrons. The highest BCUT2D eigenvalue weighted by Crippen LogP contribution is 2.37. The predicted octanol–water partition coefficient (Wildman–Crippen LogP) is 1.29. The normalized spacial score (nSPS) is 20.9. The van der Waals surface area contributed by atoms with Gasteiger partial charge in [0.2, 0.25) is 0 Å². The topological polar surface area (TPSA) is 57.2 Å². The SMILES string of the molecule is CNC1=NN(C)C(=O)/C1=C/C=C1/Oc2ccccc2N1C. The Kier molecular flexibility index (Phi) is 3.13. The molecule has 0 atom stereocenters. The molecule has 6 heteroatoms. The van der Waals surface area contributed by atoms with Crippen molar-refractivity contribution in [3.8, 4) is 5.75 Å². The molecule has 0 aliphatic carbocycles. The first-order valence-corrected chi connectivity index (χ1v) is 6.59.